The minimum Gasteiger partial charge on any atom is -0.326 e. The van der Waals surface area contributed by atoms with Gasteiger partial charge in [0.25, 0.3) is 0 Å². The van der Waals surface area contributed by atoms with Crippen LogP contribution in [0.5, 0.6) is 0 Å². The number of carbonyl (C=O) groups is 1. The van der Waals surface area contributed by atoms with Gasteiger partial charge in [-0.1, -0.05) is 24.8 Å². The molecule has 1 amide bonds. The van der Waals surface area contributed by atoms with Gasteiger partial charge < -0.3 is 11.1 Å². The van der Waals surface area contributed by atoms with Crippen LogP contribution < -0.4 is 11.1 Å². The molecule has 3 nitrogen and oxygen atoms in total. The number of carbonyl (C=O) groups excluding carboxylic acids is 1. The molecule has 3 N–H and O–H groups in total. The Labute approximate surface area is 89.7 Å². The van der Waals surface area contributed by atoms with Gasteiger partial charge in [0.15, 0.2) is 0 Å². The summed E-state index contributed by atoms with van der Waals surface area (Å²) in [4.78, 5) is 11.1. The minimum atomic E-state index is -0.000987. The van der Waals surface area contributed by atoms with Crippen molar-refractivity contribution in [3.8, 4) is 11.8 Å². The average Bonchev–Trinajstić information content (AvgIpc) is 2.26. The van der Waals surface area contributed by atoms with Crippen molar-refractivity contribution >= 4 is 11.6 Å². The van der Waals surface area contributed by atoms with Crippen molar-refractivity contribution in [1.29, 1.82) is 0 Å². The SMILES string of the molecule is CCC(=O)Nc1cccc(C#CCN)c1. The third kappa shape index (κ3) is 3.84. The standard InChI is InChI=1S/C12H14N2O/c1-2-12(15)14-11-7-3-5-10(9-11)6-4-8-13/h3,5,7,9H,2,8,13H2,1H3,(H,14,15). The molecular formula is C12H14N2O. The maximum atomic E-state index is 11.1. The van der Waals surface area contributed by atoms with E-state index in [0.717, 1.165) is 11.3 Å². The lowest BCUT2D eigenvalue weighted by Gasteiger charge is -2.02. The van der Waals surface area contributed by atoms with Crippen LogP contribution in [0.3, 0.4) is 0 Å². The first kappa shape index (κ1) is 11.3. The van der Waals surface area contributed by atoms with Crippen LogP contribution in [0, 0.1) is 11.8 Å². The molecule has 0 aliphatic rings. The summed E-state index contributed by atoms with van der Waals surface area (Å²) in [5, 5.41) is 2.77. The molecule has 0 bridgehead atoms. The van der Waals surface area contributed by atoms with Crippen molar-refractivity contribution in [3.63, 3.8) is 0 Å². The lowest BCUT2D eigenvalue weighted by molar-refractivity contribution is -0.115. The second-order valence-electron chi connectivity index (χ2n) is 2.99. The number of hydrogen-bond acceptors (Lipinski definition) is 2. The van der Waals surface area contributed by atoms with E-state index in [0.29, 0.717) is 13.0 Å². The molecule has 0 aliphatic heterocycles. The summed E-state index contributed by atoms with van der Waals surface area (Å²) in [7, 11) is 0. The summed E-state index contributed by atoms with van der Waals surface area (Å²) in [6.45, 7) is 2.15. The second-order valence-corrected chi connectivity index (χ2v) is 2.99. The van der Waals surface area contributed by atoms with Gasteiger partial charge in [0, 0.05) is 17.7 Å². The van der Waals surface area contributed by atoms with Crippen molar-refractivity contribution in [1.82, 2.24) is 0 Å². The van der Waals surface area contributed by atoms with Crippen molar-refractivity contribution in [2.75, 3.05) is 11.9 Å². The summed E-state index contributed by atoms with van der Waals surface area (Å²) in [6.07, 6.45) is 0.471. The van der Waals surface area contributed by atoms with Crippen molar-refractivity contribution in [3.05, 3.63) is 29.8 Å². The fourth-order valence-corrected chi connectivity index (χ4v) is 1.08. The van der Waals surface area contributed by atoms with E-state index < -0.39 is 0 Å². The smallest absolute Gasteiger partial charge is 0.224 e. The zero-order valence-electron chi connectivity index (χ0n) is 8.71. The molecule has 0 aliphatic carbocycles. The van der Waals surface area contributed by atoms with Crippen molar-refractivity contribution in [2.45, 2.75) is 13.3 Å². The first-order valence-electron chi connectivity index (χ1n) is 4.85. The molecule has 0 saturated heterocycles. The van der Waals surface area contributed by atoms with E-state index in [1.807, 2.05) is 31.2 Å². The van der Waals surface area contributed by atoms with Gasteiger partial charge in [0.2, 0.25) is 5.91 Å². The monoisotopic (exact) mass is 202 g/mol. The van der Waals surface area contributed by atoms with E-state index in [1.165, 1.54) is 0 Å². The van der Waals surface area contributed by atoms with Gasteiger partial charge in [-0.25, -0.2) is 0 Å². The third-order valence-corrected chi connectivity index (χ3v) is 1.80. The van der Waals surface area contributed by atoms with Crippen LogP contribution in [0.4, 0.5) is 5.69 Å². The highest BCUT2D eigenvalue weighted by Gasteiger charge is 1.98. The normalized spacial score (nSPS) is 8.93. The van der Waals surface area contributed by atoms with E-state index in [2.05, 4.69) is 17.2 Å². The fraction of sp³-hybridized carbons (Fsp3) is 0.250. The molecule has 15 heavy (non-hydrogen) atoms. The largest absolute Gasteiger partial charge is 0.326 e. The number of rotatable bonds is 2. The highest BCUT2D eigenvalue weighted by Crippen LogP contribution is 2.09. The number of nitrogens with one attached hydrogen (secondary N) is 1. The molecule has 1 rings (SSSR count). The molecule has 0 atom stereocenters. The van der Waals surface area contributed by atoms with Crippen LogP contribution in [-0.4, -0.2) is 12.5 Å². The quantitative estimate of drug-likeness (QED) is 0.711. The van der Waals surface area contributed by atoms with E-state index in [-0.39, 0.29) is 5.91 Å². The summed E-state index contributed by atoms with van der Waals surface area (Å²) in [6, 6.07) is 7.40. The van der Waals surface area contributed by atoms with Gasteiger partial charge in [0.1, 0.15) is 0 Å². The summed E-state index contributed by atoms with van der Waals surface area (Å²) < 4.78 is 0. The Balaban J connectivity index is 2.78. The molecule has 0 saturated carbocycles. The summed E-state index contributed by atoms with van der Waals surface area (Å²) in [5.41, 5.74) is 6.90. The highest BCUT2D eigenvalue weighted by molar-refractivity contribution is 5.90. The van der Waals surface area contributed by atoms with Crippen LogP contribution in [0.2, 0.25) is 0 Å². The maximum Gasteiger partial charge on any atom is 0.224 e. The highest BCUT2D eigenvalue weighted by atomic mass is 16.1. The second kappa shape index (κ2) is 5.84. The van der Waals surface area contributed by atoms with Gasteiger partial charge in [-0.05, 0) is 18.2 Å². The molecule has 0 aromatic heterocycles. The van der Waals surface area contributed by atoms with Crippen molar-refractivity contribution in [2.24, 2.45) is 5.73 Å². The zero-order valence-corrected chi connectivity index (χ0v) is 8.71. The Morgan fingerprint density at radius 1 is 1.53 bits per heavy atom. The number of benzene rings is 1. The molecule has 0 radical (unpaired) electrons. The van der Waals surface area contributed by atoms with Crippen LogP contribution >= 0.6 is 0 Å². The summed E-state index contributed by atoms with van der Waals surface area (Å²) in [5.74, 6) is 5.67. The molecule has 0 heterocycles. The Morgan fingerprint density at radius 2 is 2.33 bits per heavy atom. The predicted octanol–water partition coefficient (Wildman–Crippen LogP) is 1.35. The number of anilines is 1. The first-order chi connectivity index (χ1) is 7.26. The zero-order chi connectivity index (χ0) is 11.1. The van der Waals surface area contributed by atoms with Crippen LogP contribution in [0.25, 0.3) is 0 Å². The predicted molar refractivity (Wildman–Crippen MR) is 61.3 cm³/mol. The van der Waals surface area contributed by atoms with Crippen LogP contribution in [0.15, 0.2) is 24.3 Å². The Bertz CT molecular complexity index is 402. The summed E-state index contributed by atoms with van der Waals surface area (Å²) >= 11 is 0. The fourth-order valence-electron chi connectivity index (χ4n) is 1.08. The molecule has 0 fully saturated rings. The van der Waals surface area contributed by atoms with Gasteiger partial charge in [-0.2, -0.15) is 0 Å². The Hall–Kier alpha value is -1.79. The molecule has 3 heteroatoms. The third-order valence-electron chi connectivity index (χ3n) is 1.80. The number of amides is 1. The molecule has 0 unspecified atom stereocenters. The van der Waals surface area contributed by atoms with Crippen LogP contribution in [0.1, 0.15) is 18.9 Å². The van der Waals surface area contributed by atoms with Gasteiger partial charge in [-0.3, -0.25) is 4.79 Å². The molecular weight excluding hydrogens is 188 g/mol. The van der Waals surface area contributed by atoms with E-state index >= 15 is 0 Å². The Morgan fingerprint density at radius 3 is 3.00 bits per heavy atom. The van der Waals surface area contributed by atoms with Gasteiger partial charge in [0.05, 0.1) is 6.54 Å². The van der Waals surface area contributed by atoms with E-state index in [4.69, 9.17) is 5.73 Å². The average molecular weight is 202 g/mol. The molecule has 78 valence electrons. The van der Waals surface area contributed by atoms with E-state index in [9.17, 15) is 4.79 Å². The van der Waals surface area contributed by atoms with Crippen molar-refractivity contribution < 1.29 is 4.79 Å². The minimum absolute atomic E-state index is 0.000987. The Kier molecular flexibility index (Phi) is 4.39. The van der Waals surface area contributed by atoms with E-state index in [1.54, 1.807) is 0 Å². The van der Waals surface area contributed by atoms with Crippen LogP contribution in [-0.2, 0) is 4.79 Å². The molecule has 0 spiro atoms. The van der Waals surface area contributed by atoms with Gasteiger partial charge >= 0.3 is 0 Å². The number of hydrogen-bond donors (Lipinski definition) is 2. The number of nitrogens with two attached hydrogens (primary N) is 1. The topological polar surface area (TPSA) is 55.1 Å². The maximum absolute atomic E-state index is 11.1. The lowest BCUT2D eigenvalue weighted by atomic mass is 10.2. The first-order valence-corrected chi connectivity index (χ1v) is 4.85. The lowest BCUT2D eigenvalue weighted by Crippen LogP contribution is -2.09. The molecule has 1 aromatic rings. The molecule has 1 aromatic carbocycles. The van der Waals surface area contributed by atoms with Gasteiger partial charge in [-0.15, -0.1) is 0 Å².